The maximum atomic E-state index is 13.4. The second-order valence-corrected chi connectivity index (χ2v) is 11.1. The fourth-order valence-electron chi connectivity index (χ4n) is 4.12. The maximum absolute atomic E-state index is 13.4. The molecule has 2 aromatic carbocycles. The van der Waals surface area contributed by atoms with Crippen molar-refractivity contribution in [2.45, 2.75) is 70.0 Å². The molecule has 0 unspecified atom stereocenters. The van der Waals surface area contributed by atoms with Crippen LogP contribution in [0.3, 0.4) is 0 Å². The van der Waals surface area contributed by atoms with Gasteiger partial charge in [-0.05, 0) is 56.0 Å². The SMILES string of the molecule is CC[C@@H](C)NC(=O)[C@H](CC)N(Cc1ccc(Cl)cc1)C(=O)CCCN1C(=O)c2ccccc2S1(=O)=O. The highest BCUT2D eigenvalue weighted by Gasteiger charge is 2.40. The van der Waals surface area contributed by atoms with Crippen LogP contribution in [0.15, 0.2) is 53.4 Å². The van der Waals surface area contributed by atoms with Crippen molar-refractivity contribution in [2.75, 3.05) is 6.54 Å². The van der Waals surface area contributed by atoms with Crippen LogP contribution in [-0.2, 0) is 26.2 Å². The first-order valence-electron chi connectivity index (χ1n) is 12.1. The molecule has 0 saturated heterocycles. The number of carbonyl (C=O) groups excluding carboxylic acids is 3. The van der Waals surface area contributed by atoms with Gasteiger partial charge >= 0.3 is 0 Å². The zero-order valence-corrected chi connectivity index (χ0v) is 22.3. The second-order valence-electron chi connectivity index (χ2n) is 8.87. The predicted octanol–water partition coefficient (Wildman–Crippen LogP) is 3.99. The highest BCUT2D eigenvalue weighted by Crippen LogP contribution is 2.30. The van der Waals surface area contributed by atoms with Gasteiger partial charge in [0, 0.05) is 30.6 Å². The lowest BCUT2D eigenvalue weighted by Crippen LogP contribution is -2.50. The lowest BCUT2D eigenvalue weighted by molar-refractivity contribution is -0.141. The van der Waals surface area contributed by atoms with Gasteiger partial charge in [-0.1, -0.05) is 49.7 Å². The normalized spacial score (nSPS) is 15.8. The first kappa shape index (κ1) is 27.7. The zero-order valence-electron chi connectivity index (χ0n) is 20.7. The third-order valence-corrected chi connectivity index (χ3v) is 8.41. The van der Waals surface area contributed by atoms with Crippen molar-refractivity contribution in [1.29, 1.82) is 0 Å². The van der Waals surface area contributed by atoms with Gasteiger partial charge in [-0.2, -0.15) is 0 Å². The topological polar surface area (TPSA) is 104 Å². The van der Waals surface area contributed by atoms with Crippen molar-refractivity contribution in [3.8, 4) is 0 Å². The Morgan fingerprint density at radius 1 is 1.06 bits per heavy atom. The van der Waals surface area contributed by atoms with Crippen LogP contribution in [0.5, 0.6) is 0 Å². The van der Waals surface area contributed by atoms with E-state index in [1.54, 1.807) is 36.4 Å². The summed E-state index contributed by atoms with van der Waals surface area (Å²) in [6.45, 7) is 5.80. The summed E-state index contributed by atoms with van der Waals surface area (Å²) >= 11 is 6.00. The largest absolute Gasteiger partial charge is 0.352 e. The molecule has 36 heavy (non-hydrogen) atoms. The molecule has 3 rings (SSSR count). The van der Waals surface area contributed by atoms with E-state index in [-0.39, 0.29) is 54.2 Å². The molecule has 1 heterocycles. The first-order chi connectivity index (χ1) is 17.1. The molecule has 0 radical (unpaired) electrons. The van der Waals surface area contributed by atoms with E-state index >= 15 is 0 Å². The number of hydrogen-bond acceptors (Lipinski definition) is 5. The molecule has 0 aromatic heterocycles. The number of hydrogen-bond donors (Lipinski definition) is 1. The van der Waals surface area contributed by atoms with E-state index in [4.69, 9.17) is 11.6 Å². The van der Waals surface area contributed by atoms with Crippen LogP contribution in [0.2, 0.25) is 5.02 Å². The van der Waals surface area contributed by atoms with E-state index in [9.17, 15) is 22.8 Å². The number of nitrogens with zero attached hydrogens (tertiary/aromatic N) is 2. The van der Waals surface area contributed by atoms with E-state index in [0.29, 0.717) is 11.4 Å². The minimum atomic E-state index is -3.93. The van der Waals surface area contributed by atoms with Gasteiger partial charge in [0.1, 0.15) is 10.9 Å². The molecule has 2 aromatic rings. The lowest BCUT2D eigenvalue weighted by atomic mass is 10.1. The number of fused-ring (bicyclic) bond motifs is 1. The fraction of sp³-hybridized carbons (Fsp3) is 0.423. The van der Waals surface area contributed by atoms with E-state index in [0.717, 1.165) is 16.3 Å². The summed E-state index contributed by atoms with van der Waals surface area (Å²) in [4.78, 5) is 40.6. The molecule has 0 aliphatic carbocycles. The highest BCUT2D eigenvalue weighted by molar-refractivity contribution is 7.90. The van der Waals surface area contributed by atoms with Crippen LogP contribution in [-0.4, -0.2) is 54.0 Å². The molecule has 0 fully saturated rings. The van der Waals surface area contributed by atoms with Crippen molar-refractivity contribution in [2.24, 2.45) is 0 Å². The summed E-state index contributed by atoms with van der Waals surface area (Å²) in [5, 5.41) is 3.52. The zero-order chi connectivity index (χ0) is 26.5. The maximum Gasteiger partial charge on any atom is 0.269 e. The van der Waals surface area contributed by atoms with Crippen molar-refractivity contribution < 1.29 is 22.8 Å². The Kier molecular flexibility index (Phi) is 9.13. The van der Waals surface area contributed by atoms with E-state index in [1.165, 1.54) is 17.0 Å². The Morgan fingerprint density at radius 2 is 1.72 bits per heavy atom. The molecule has 8 nitrogen and oxygen atoms in total. The van der Waals surface area contributed by atoms with Gasteiger partial charge in [-0.15, -0.1) is 0 Å². The lowest BCUT2D eigenvalue weighted by Gasteiger charge is -2.31. The number of rotatable bonds is 11. The fourth-order valence-corrected chi connectivity index (χ4v) is 5.85. The van der Waals surface area contributed by atoms with Gasteiger partial charge in [0.2, 0.25) is 11.8 Å². The minimum Gasteiger partial charge on any atom is -0.352 e. The quantitative estimate of drug-likeness (QED) is 0.470. The van der Waals surface area contributed by atoms with Gasteiger partial charge in [0.05, 0.1) is 5.56 Å². The summed E-state index contributed by atoms with van der Waals surface area (Å²) < 4.78 is 26.4. The summed E-state index contributed by atoms with van der Waals surface area (Å²) in [5.41, 5.74) is 0.955. The summed E-state index contributed by atoms with van der Waals surface area (Å²) in [6, 6.07) is 12.4. The average molecular weight is 534 g/mol. The molecule has 10 heteroatoms. The Morgan fingerprint density at radius 3 is 2.33 bits per heavy atom. The Bertz CT molecular complexity index is 1220. The van der Waals surface area contributed by atoms with Crippen LogP contribution in [0, 0.1) is 0 Å². The molecule has 0 saturated carbocycles. The number of nitrogens with one attached hydrogen (secondary N) is 1. The first-order valence-corrected chi connectivity index (χ1v) is 13.9. The summed E-state index contributed by atoms with van der Waals surface area (Å²) in [5.74, 6) is -1.12. The standard InChI is InChI=1S/C26H32ClN3O5S/c1-4-18(3)28-25(32)22(5-2)29(17-19-12-14-20(27)15-13-19)24(31)11-8-16-30-26(33)21-9-6-7-10-23(21)36(30,34)35/h6-7,9-10,12-15,18,22H,4-5,8,11,16-17H2,1-3H3,(H,28,32)/t18-,22+/m1/s1. The predicted molar refractivity (Wildman–Crippen MR) is 138 cm³/mol. The number of benzene rings is 2. The molecule has 0 bridgehead atoms. The molecule has 1 aliphatic rings. The molecule has 1 N–H and O–H groups in total. The van der Waals surface area contributed by atoms with Gasteiger partial charge in [-0.25, -0.2) is 12.7 Å². The van der Waals surface area contributed by atoms with Gasteiger partial charge in [-0.3, -0.25) is 14.4 Å². The van der Waals surface area contributed by atoms with Crippen LogP contribution in [0.1, 0.15) is 62.4 Å². The summed E-state index contributed by atoms with van der Waals surface area (Å²) in [6.07, 6.45) is 1.29. The van der Waals surface area contributed by atoms with Gasteiger partial charge in [0.15, 0.2) is 0 Å². The van der Waals surface area contributed by atoms with E-state index in [2.05, 4.69) is 5.32 Å². The van der Waals surface area contributed by atoms with Crippen molar-refractivity contribution in [1.82, 2.24) is 14.5 Å². The average Bonchev–Trinajstić information content (AvgIpc) is 3.05. The van der Waals surface area contributed by atoms with Gasteiger partial charge < -0.3 is 10.2 Å². The number of sulfonamides is 1. The Hall–Kier alpha value is -2.91. The number of halogens is 1. The molecular weight excluding hydrogens is 502 g/mol. The number of amides is 3. The molecule has 0 spiro atoms. The third kappa shape index (κ3) is 6.07. The molecular formula is C26H32ClN3O5S. The Balaban J connectivity index is 1.74. The van der Waals surface area contributed by atoms with Crippen LogP contribution < -0.4 is 5.32 Å². The minimum absolute atomic E-state index is 0.0153. The van der Waals surface area contributed by atoms with Crippen molar-refractivity contribution >= 4 is 39.3 Å². The highest BCUT2D eigenvalue weighted by atomic mass is 35.5. The van der Waals surface area contributed by atoms with E-state index < -0.39 is 22.0 Å². The second kappa shape index (κ2) is 11.9. The third-order valence-electron chi connectivity index (χ3n) is 6.32. The van der Waals surface area contributed by atoms with Crippen molar-refractivity contribution in [3.63, 3.8) is 0 Å². The van der Waals surface area contributed by atoms with Crippen LogP contribution >= 0.6 is 11.6 Å². The molecule has 194 valence electrons. The summed E-state index contributed by atoms with van der Waals surface area (Å²) in [7, 11) is -3.93. The monoisotopic (exact) mass is 533 g/mol. The Labute approximate surface area is 217 Å². The van der Waals surface area contributed by atoms with E-state index in [1.807, 2.05) is 20.8 Å². The smallest absolute Gasteiger partial charge is 0.269 e. The van der Waals surface area contributed by atoms with Gasteiger partial charge in [0.25, 0.3) is 15.9 Å². The number of carbonyl (C=O) groups is 3. The molecule has 3 amide bonds. The van der Waals surface area contributed by atoms with Crippen molar-refractivity contribution in [3.05, 3.63) is 64.7 Å². The molecule has 2 atom stereocenters. The van der Waals surface area contributed by atoms with Crippen LogP contribution in [0.4, 0.5) is 0 Å². The molecule has 1 aliphatic heterocycles. The van der Waals surface area contributed by atoms with Crippen LogP contribution in [0.25, 0.3) is 0 Å².